The summed E-state index contributed by atoms with van der Waals surface area (Å²) in [5.74, 6) is 0.0940. The Morgan fingerprint density at radius 1 is 1.39 bits per heavy atom. The van der Waals surface area contributed by atoms with Crippen LogP contribution in [0.15, 0.2) is 23.0 Å². The molecule has 0 spiro atoms. The van der Waals surface area contributed by atoms with E-state index >= 15 is 0 Å². The van der Waals surface area contributed by atoms with Gasteiger partial charge in [0.05, 0.1) is 12.8 Å². The maximum Gasteiger partial charge on any atom is 0.267 e. The fraction of sp³-hybridized carbons (Fsp3) is 0.250. The summed E-state index contributed by atoms with van der Waals surface area (Å²) in [6.07, 6.45) is 0.411. The molecule has 96 valence electrons. The second-order valence-corrected chi connectivity index (χ2v) is 3.82. The van der Waals surface area contributed by atoms with E-state index in [1.807, 2.05) is 0 Å². The van der Waals surface area contributed by atoms with Crippen LogP contribution < -0.4 is 16.0 Å². The lowest BCUT2D eigenvalue weighted by Gasteiger charge is -2.08. The van der Waals surface area contributed by atoms with Crippen molar-refractivity contribution in [1.29, 1.82) is 0 Å². The van der Waals surface area contributed by atoms with Crippen molar-refractivity contribution < 1.29 is 9.13 Å². The van der Waals surface area contributed by atoms with Crippen molar-refractivity contribution in [1.82, 2.24) is 10.2 Å². The fourth-order valence-electron chi connectivity index (χ4n) is 1.87. The summed E-state index contributed by atoms with van der Waals surface area (Å²) in [7, 11) is 1.49. The Morgan fingerprint density at radius 2 is 2.17 bits per heavy atom. The minimum atomic E-state index is -0.397. The molecule has 1 aromatic heterocycles. The van der Waals surface area contributed by atoms with Gasteiger partial charge in [0.2, 0.25) is 0 Å². The lowest BCUT2D eigenvalue weighted by Crippen LogP contribution is -2.12. The van der Waals surface area contributed by atoms with Gasteiger partial charge < -0.3 is 10.5 Å². The van der Waals surface area contributed by atoms with E-state index in [1.165, 1.54) is 25.3 Å². The van der Waals surface area contributed by atoms with E-state index in [-0.39, 0.29) is 5.56 Å². The number of H-pyrrole nitrogens is 2. The third-order valence-corrected chi connectivity index (χ3v) is 2.70. The van der Waals surface area contributed by atoms with E-state index in [0.29, 0.717) is 35.5 Å². The number of nitrogens with two attached hydrogens (primary N) is 1. The summed E-state index contributed by atoms with van der Waals surface area (Å²) in [6, 6.07) is 4.13. The highest BCUT2D eigenvalue weighted by atomic mass is 19.1. The number of nitrogens with one attached hydrogen (secondary N) is 2. The number of ether oxygens (including phenoxy) is 1. The molecule has 0 aliphatic carbocycles. The predicted molar refractivity (Wildman–Crippen MR) is 66.1 cm³/mol. The van der Waals surface area contributed by atoms with E-state index in [0.717, 1.165) is 0 Å². The van der Waals surface area contributed by atoms with Crippen molar-refractivity contribution in [3.63, 3.8) is 0 Å². The monoisotopic (exact) mass is 251 g/mol. The van der Waals surface area contributed by atoms with E-state index in [2.05, 4.69) is 10.2 Å². The third kappa shape index (κ3) is 2.14. The van der Waals surface area contributed by atoms with Crippen LogP contribution >= 0.6 is 0 Å². The van der Waals surface area contributed by atoms with Crippen LogP contribution in [0.3, 0.4) is 0 Å². The van der Waals surface area contributed by atoms with Gasteiger partial charge in [-0.3, -0.25) is 15.0 Å². The molecular weight excluding hydrogens is 237 g/mol. The molecule has 0 bridgehead atoms. The second-order valence-electron chi connectivity index (χ2n) is 3.82. The first-order chi connectivity index (χ1) is 8.67. The maximum absolute atomic E-state index is 13.3. The molecular formula is C12H14FN3O2. The molecule has 2 aromatic rings. The summed E-state index contributed by atoms with van der Waals surface area (Å²) in [5.41, 5.74) is 6.73. The molecule has 0 saturated carbocycles. The Morgan fingerprint density at radius 3 is 2.83 bits per heavy atom. The maximum atomic E-state index is 13.3. The van der Waals surface area contributed by atoms with Crippen LogP contribution in [0.5, 0.6) is 5.75 Å². The van der Waals surface area contributed by atoms with E-state index in [9.17, 15) is 9.18 Å². The molecule has 0 aliphatic rings. The molecule has 0 atom stereocenters. The quantitative estimate of drug-likeness (QED) is 0.758. The molecule has 1 aromatic carbocycles. The van der Waals surface area contributed by atoms with Crippen molar-refractivity contribution in [2.45, 2.75) is 6.42 Å². The summed E-state index contributed by atoms with van der Waals surface area (Å²) in [5, 5.41) is 5.21. The Labute approximate surface area is 103 Å². The van der Waals surface area contributed by atoms with Crippen LogP contribution in [0.4, 0.5) is 4.39 Å². The Balaban J connectivity index is 2.61. The number of aromatic nitrogens is 2. The number of rotatable bonds is 4. The van der Waals surface area contributed by atoms with Crippen LogP contribution in [0, 0.1) is 5.82 Å². The van der Waals surface area contributed by atoms with Crippen molar-refractivity contribution in [3.05, 3.63) is 39.9 Å². The van der Waals surface area contributed by atoms with Gasteiger partial charge in [0, 0.05) is 11.1 Å². The summed E-state index contributed by atoms with van der Waals surface area (Å²) in [6.45, 7) is 0.339. The molecule has 0 aliphatic heterocycles. The second kappa shape index (κ2) is 5.05. The van der Waals surface area contributed by atoms with Crippen LogP contribution in [-0.2, 0) is 6.42 Å². The molecule has 0 radical (unpaired) electrons. The SMILES string of the molecule is COc1ccc(F)cc1-c1[nH][nH]c(=O)c1CCN. The topological polar surface area (TPSA) is 83.9 Å². The predicted octanol–water partition coefficient (Wildman–Crippen LogP) is 1.02. The summed E-state index contributed by atoms with van der Waals surface area (Å²) < 4.78 is 18.5. The average molecular weight is 251 g/mol. The minimum Gasteiger partial charge on any atom is -0.496 e. The molecule has 6 heteroatoms. The van der Waals surface area contributed by atoms with Gasteiger partial charge in [-0.05, 0) is 31.2 Å². The van der Waals surface area contributed by atoms with Crippen molar-refractivity contribution in [2.24, 2.45) is 5.73 Å². The Bertz CT molecular complexity index is 604. The van der Waals surface area contributed by atoms with Crippen LogP contribution in [0.25, 0.3) is 11.3 Å². The summed E-state index contributed by atoms with van der Waals surface area (Å²) in [4.78, 5) is 11.6. The third-order valence-electron chi connectivity index (χ3n) is 2.70. The highest BCUT2D eigenvalue weighted by Gasteiger charge is 2.15. The van der Waals surface area contributed by atoms with Crippen LogP contribution in [-0.4, -0.2) is 23.9 Å². The zero-order valence-electron chi connectivity index (χ0n) is 9.92. The van der Waals surface area contributed by atoms with Crippen molar-refractivity contribution in [3.8, 4) is 17.0 Å². The molecule has 0 saturated heterocycles. The van der Waals surface area contributed by atoms with Gasteiger partial charge >= 0.3 is 0 Å². The Kier molecular flexibility index (Phi) is 3.47. The first kappa shape index (κ1) is 12.4. The van der Waals surface area contributed by atoms with Gasteiger partial charge in [0.1, 0.15) is 11.6 Å². The largest absolute Gasteiger partial charge is 0.496 e. The van der Waals surface area contributed by atoms with Crippen molar-refractivity contribution >= 4 is 0 Å². The number of methoxy groups -OCH3 is 1. The van der Waals surface area contributed by atoms with E-state index < -0.39 is 5.82 Å². The van der Waals surface area contributed by atoms with Crippen LogP contribution in [0.2, 0.25) is 0 Å². The molecule has 18 heavy (non-hydrogen) atoms. The van der Waals surface area contributed by atoms with Crippen molar-refractivity contribution in [2.75, 3.05) is 13.7 Å². The molecule has 4 N–H and O–H groups in total. The van der Waals surface area contributed by atoms with Gasteiger partial charge in [-0.1, -0.05) is 0 Å². The molecule has 0 amide bonds. The number of benzene rings is 1. The summed E-state index contributed by atoms with van der Waals surface area (Å²) >= 11 is 0. The lowest BCUT2D eigenvalue weighted by atomic mass is 10.0. The molecule has 1 heterocycles. The van der Waals surface area contributed by atoms with Crippen LogP contribution in [0.1, 0.15) is 5.56 Å². The zero-order valence-corrected chi connectivity index (χ0v) is 9.92. The highest BCUT2D eigenvalue weighted by Crippen LogP contribution is 2.30. The first-order valence-electron chi connectivity index (χ1n) is 5.51. The first-order valence-corrected chi connectivity index (χ1v) is 5.51. The number of hydrogen-bond acceptors (Lipinski definition) is 3. The van der Waals surface area contributed by atoms with Gasteiger partial charge in [-0.25, -0.2) is 4.39 Å². The van der Waals surface area contributed by atoms with Gasteiger partial charge in [0.25, 0.3) is 5.56 Å². The lowest BCUT2D eigenvalue weighted by molar-refractivity contribution is 0.415. The molecule has 0 unspecified atom stereocenters. The van der Waals surface area contributed by atoms with Gasteiger partial charge in [0.15, 0.2) is 0 Å². The number of halogens is 1. The smallest absolute Gasteiger partial charge is 0.267 e. The minimum absolute atomic E-state index is 0.248. The highest BCUT2D eigenvalue weighted by molar-refractivity contribution is 5.69. The zero-order chi connectivity index (χ0) is 13.1. The number of hydrogen-bond donors (Lipinski definition) is 3. The number of aromatic amines is 2. The van der Waals surface area contributed by atoms with Gasteiger partial charge in [-0.15, -0.1) is 0 Å². The molecule has 2 rings (SSSR count). The van der Waals surface area contributed by atoms with E-state index in [1.54, 1.807) is 0 Å². The molecule has 5 nitrogen and oxygen atoms in total. The molecule has 0 fully saturated rings. The standard InChI is InChI=1S/C12H14FN3O2/c1-18-10-3-2-7(13)6-9(10)11-8(4-5-14)12(17)16-15-11/h2-3,6H,4-5,14H2,1H3,(H2,15,16,17). The Hall–Kier alpha value is -2.08. The fourth-order valence-corrected chi connectivity index (χ4v) is 1.87. The average Bonchev–Trinajstić information content (AvgIpc) is 2.72. The normalized spacial score (nSPS) is 10.6. The van der Waals surface area contributed by atoms with E-state index in [4.69, 9.17) is 10.5 Å². The van der Waals surface area contributed by atoms with Gasteiger partial charge in [-0.2, -0.15) is 0 Å².